The molecular formula is C28H33Cl2N3O4S. The second kappa shape index (κ2) is 13.4. The van der Waals surface area contributed by atoms with Crippen LogP contribution in [-0.4, -0.2) is 55.6 Å². The number of carbonyl (C=O) groups is 2. The highest BCUT2D eigenvalue weighted by Gasteiger charge is 2.32. The first-order valence-corrected chi connectivity index (χ1v) is 14.7. The molecule has 0 saturated carbocycles. The number of fused-ring (bicyclic) bond motifs is 1. The number of nitrogens with one attached hydrogen (secondary N) is 1. The van der Waals surface area contributed by atoms with Crippen molar-refractivity contribution in [2.75, 3.05) is 20.1 Å². The Morgan fingerprint density at radius 1 is 0.947 bits per heavy atom. The van der Waals surface area contributed by atoms with E-state index in [0.717, 1.165) is 27.9 Å². The SMILES string of the molecule is CCCCNC(=O)[C@H](CC)N(Cc1ccc(Cl)c(Cl)c1)C(=O)CN(C)S(=O)(=O)c1ccc2ccccc2c1. The van der Waals surface area contributed by atoms with Crippen molar-refractivity contribution in [2.45, 2.75) is 50.6 Å². The van der Waals surface area contributed by atoms with Gasteiger partial charge in [0, 0.05) is 20.1 Å². The molecule has 0 bridgehead atoms. The van der Waals surface area contributed by atoms with Gasteiger partial charge in [0.1, 0.15) is 6.04 Å². The maximum atomic E-state index is 13.6. The Kier molecular flexibility index (Phi) is 10.6. The smallest absolute Gasteiger partial charge is 0.243 e. The number of rotatable bonds is 12. The Morgan fingerprint density at radius 3 is 2.32 bits per heavy atom. The number of carbonyl (C=O) groups excluding carboxylic acids is 2. The van der Waals surface area contributed by atoms with E-state index < -0.39 is 28.5 Å². The van der Waals surface area contributed by atoms with Gasteiger partial charge in [-0.2, -0.15) is 4.31 Å². The van der Waals surface area contributed by atoms with Gasteiger partial charge < -0.3 is 10.2 Å². The van der Waals surface area contributed by atoms with Crippen molar-refractivity contribution in [2.24, 2.45) is 0 Å². The fraction of sp³-hybridized carbons (Fsp3) is 0.357. The molecule has 1 N–H and O–H groups in total. The third-order valence-electron chi connectivity index (χ3n) is 6.34. The van der Waals surface area contributed by atoms with Gasteiger partial charge in [0.2, 0.25) is 21.8 Å². The zero-order valence-corrected chi connectivity index (χ0v) is 24.1. The molecule has 7 nitrogen and oxygen atoms in total. The minimum Gasteiger partial charge on any atom is -0.354 e. The number of unbranched alkanes of at least 4 members (excludes halogenated alkanes) is 1. The first kappa shape index (κ1) is 29.9. The molecule has 0 saturated heterocycles. The molecule has 3 aromatic carbocycles. The van der Waals surface area contributed by atoms with Crippen LogP contribution >= 0.6 is 23.2 Å². The molecule has 0 aliphatic heterocycles. The molecule has 38 heavy (non-hydrogen) atoms. The summed E-state index contributed by atoms with van der Waals surface area (Å²) in [6, 6.07) is 16.5. The van der Waals surface area contributed by atoms with Crippen LogP contribution in [0.25, 0.3) is 10.8 Å². The lowest BCUT2D eigenvalue weighted by molar-refractivity contribution is -0.141. The van der Waals surface area contributed by atoms with E-state index in [-0.39, 0.29) is 17.3 Å². The molecule has 204 valence electrons. The van der Waals surface area contributed by atoms with Crippen LogP contribution in [0.5, 0.6) is 0 Å². The fourth-order valence-corrected chi connectivity index (χ4v) is 5.61. The highest BCUT2D eigenvalue weighted by atomic mass is 35.5. The number of likely N-dealkylation sites (N-methyl/N-ethyl adjacent to an activating group) is 1. The summed E-state index contributed by atoms with van der Waals surface area (Å²) < 4.78 is 27.7. The van der Waals surface area contributed by atoms with E-state index in [1.165, 1.54) is 18.0 Å². The molecule has 2 amide bonds. The zero-order valence-electron chi connectivity index (χ0n) is 21.8. The third-order valence-corrected chi connectivity index (χ3v) is 8.88. The van der Waals surface area contributed by atoms with E-state index in [1.807, 2.05) is 38.1 Å². The largest absolute Gasteiger partial charge is 0.354 e. The van der Waals surface area contributed by atoms with Crippen molar-refractivity contribution < 1.29 is 18.0 Å². The quantitative estimate of drug-likeness (QED) is 0.288. The number of nitrogens with zero attached hydrogens (tertiary/aromatic N) is 2. The van der Waals surface area contributed by atoms with Crippen LogP contribution in [-0.2, 0) is 26.2 Å². The number of hydrogen-bond acceptors (Lipinski definition) is 4. The molecule has 0 spiro atoms. The summed E-state index contributed by atoms with van der Waals surface area (Å²) in [5, 5.41) is 5.29. The lowest BCUT2D eigenvalue weighted by Gasteiger charge is -2.32. The van der Waals surface area contributed by atoms with E-state index in [2.05, 4.69) is 5.32 Å². The van der Waals surface area contributed by atoms with Crippen LogP contribution in [0.4, 0.5) is 0 Å². The lowest BCUT2D eigenvalue weighted by Crippen LogP contribution is -2.51. The summed E-state index contributed by atoms with van der Waals surface area (Å²) >= 11 is 12.2. The molecule has 1 atom stereocenters. The third kappa shape index (κ3) is 7.26. The van der Waals surface area contributed by atoms with Crippen molar-refractivity contribution in [1.29, 1.82) is 0 Å². The first-order chi connectivity index (χ1) is 18.1. The number of benzene rings is 3. The van der Waals surface area contributed by atoms with Crippen LogP contribution in [0.3, 0.4) is 0 Å². The predicted octanol–water partition coefficient (Wildman–Crippen LogP) is 5.49. The fourth-order valence-electron chi connectivity index (χ4n) is 4.13. The van der Waals surface area contributed by atoms with Crippen LogP contribution in [0.1, 0.15) is 38.7 Å². The van der Waals surface area contributed by atoms with Gasteiger partial charge >= 0.3 is 0 Å². The molecule has 3 rings (SSSR count). The highest BCUT2D eigenvalue weighted by molar-refractivity contribution is 7.89. The Bertz CT molecular complexity index is 1400. The van der Waals surface area contributed by atoms with E-state index in [9.17, 15) is 18.0 Å². The second-order valence-corrected chi connectivity index (χ2v) is 12.0. The second-order valence-electron chi connectivity index (χ2n) is 9.11. The minimum atomic E-state index is -3.97. The van der Waals surface area contributed by atoms with Crippen molar-refractivity contribution in [3.8, 4) is 0 Å². The number of sulfonamides is 1. The van der Waals surface area contributed by atoms with Crippen molar-refractivity contribution in [3.05, 3.63) is 76.3 Å². The van der Waals surface area contributed by atoms with Crippen molar-refractivity contribution >= 4 is 55.8 Å². The lowest BCUT2D eigenvalue weighted by atomic mass is 10.1. The summed E-state index contributed by atoms with van der Waals surface area (Å²) in [5.41, 5.74) is 0.674. The normalized spacial score (nSPS) is 12.5. The summed E-state index contributed by atoms with van der Waals surface area (Å²) in [6.07, 6.45) is 2.09. The van der Waals surface area contributed by atoms with Gasteiger partial charge in [0.05, 0.1) is 21.5 Å². The van der Waals surface area contributed by atoms with Gasteiger partial charge in [-0.25, -0.2) is 8.42 Å². The standard InChI is InChI=1S/C28H33Cl2N3O4S/c1-4-6-15-31-28(35)26(5-2)33(18-20-11-14-24(29)25(30)16-20)27(34)19-32(3)38(36,37)23-13-12-21-9-7-8-10-22(21)17-23/h7-14,16-17,26H,4-6,15,18-19H2,1-3H3,(H,31,35)/t26-/m0/s1. The predicted molar refractivity (Wildman–Crippen MR) is 153 cm³/mol. The number of halogens is 2. The highest BCUT2D eigenvalue weighted by Crippen LogP contribution is 2.25. The van der Waals surface area contributed by atoms with Crippen molar-refractivity contribution in [3.63, 3.8) is 0 Å². The van der Waals surface area contributed by atoms with E-state index in [0.29, 0.717) is 28.6 Å². The maximum absolute atomic E-state index is 13.6. The molecule has 0 radical (unpaired) electrons. The van der Waals surface area contributed by atoms with Gasteiger partial charge in [-0.3, -0.25) is 9.59 Å². The van der Waals surface area contributed by atoms with E-state index in [1.54, 1.807) is 30.3 Å². The monoisotopic (exact) mass is 577 g/mol. The number of amides is 2. The van der Waals surface area contributed by atoms with Gasteiger partial charge in [0.15, 0.2) is 0 Å². The molecule has 0 aliphatic rings. The molecule has 3 aromatic rings. The molecule has 0 heterocycles. The number of hydrogen-bond donors (Lipinski definition) is 1. The van der Waals surface area contributed by atoms with E-state index in [4.69, 9.17) is 23.2 Å². The van der Waals surface area contributed by atoms with Gasteiger partial charge in [-0.15, -0.1) is 0 Å². The zero-order chi connectivity index (χ0) is 27.9. The summed E-state index contributed by atoms with van der Waals surface area (Å²) in [7, 11) is -2.60. The molecular weight excluding hydrogens is 545 g/mol. The summed E-state index contributed by atoms with van der Waals surface area (Å²) in [4.78, 5) is 28.2. The minimum absolute atomic E-state index is 0.0687. The van der Waals surface area contributed by atoms with Gasteiger partial charge in [-0.05, 0) is 53.4 Å². The molecule has 0 unspecified atom stereocenters. The maximum Gasteiger partial charge on any atom is 0.243 e. The summed E-state index contributed by atoms with van der Waals surface area (Å²) in [6.45, 7) is 3.97. The topological polar surface area (TPSA) is 86.8 Å². The van der Waals surface area contributed by atoms with Crippen LogP contribution in [0.2, 0.25) is 10.0 Å². The van der Waals surface area contributed by atoms with Gasteiger partial charge in [0.25, 0.3) is 0 Å². The van der Waals surface area contributed by atoms with E-state index >= 15 is 0 Å². The Balaban J connectivity index is 1.88. The average Bonchev–Trinajstić information content (AvgIpc) is 2.90. The Morgan fingerprint density at radius 2 is 1.66 bits per heavy atom. The Labute approximate surface area is 234 Å². The van der Waals surface area contributed by atoms with Crippen LogP contribution in [0, 0.1) is 0 Å². The van der Waals surface area contributed by atoms with Crippen LogP contribution in [0.15, 0.2) is 65.6 Å². The average molecular weight is 579 g/mol. The molecule has 10 heteroatoms. The van der Waals surface area contributed by atoms with Crippen molar-refractivity contribution in [1.82, 2.24) is 14.5 Å². The van der Waals surface area contributed by atoms with Crippen LogP contribution < -0.4 is 5.32 Å². The van der Waals surface area contributed by atoms with Gasteiger partial charge in [-0.1, -0.05) is 79.9 Å². The molecule has 0 aromatic heterocycles. The molecule has 0 fully saturated rings. The first-order valence-electron chi connectivity index (χ1n) is 12.5. The molecule has 0 aliphatic carbocycles. The Hall–Kier alpha value is -2.65. The summed E-state index contributed by atoms with van der Waals surface area (Å²) in [5.74, 6) is -0.783.